The van der Waals surface area contributed by atoms with Gasteiger partial charge in [-0.05, 0) is 24.3 Å². The first-order valence-corrected chi connectivity index (χ1v) is 7.78. The van der Waals surface area contributed by atoms with E-state index in [1.165, 1.54) is 6.33 Å². The van der Waals surface area contributed by atoms with Crippen molar-refractivity contribution in [3.05, 3.63) is 42.7 Å². The fourth-order valence-electron chi connectivity index (χ4n) is 2.41. The molecule has 0 atom stereocenters. The van der Waals surface area contributed by atoms with Gasteiger partial charge in [-0.3, -0.25) is 0 Å². The van der Waals surface area contributed by atoms with E-state index in [0.717, 1.165) is 16.6 Å². The minimum atomic E-state index is 0.451. The van der Waals surface area contributed by atoms with Gasteiger partial charge >= 0.3 is 0 Å². The van der Waals surface area contributed by atoms with Crippen LogP contribution in [0.2, 0.25) is 0 Å². The number of aromatic nitrogens is 2. The Morgan fingerprint density at radius 1 is 1.04 bits per heavy atom. The van der Waals surface area contributed by atoms with Crippen LogP contribution < -0.4 is 20.5 Å². The second-order valence-electron chi connectivity index (χ2n) is 5.33. The van der Waals surface area contributed by atoms with E-state index in [1.807, 2.05) is 36.4 Å². The monoisotopic (exact) mass is 340 g/mol. The predicted octanol–water partition coefficient (Wildman–Crippen LogP) is 2.99. The molecule has 0 amide bonds. The first-order chi connectivity index (χ1) is 12.2. The zero-order valence-electron chi connectivity index (χ0n) is 14.2. The maximum Gasteiger partial charge on any atom is 0.145 e. The number of nitrogens with zero attached hydrogens (tertiary/aromatic N) is 2. The number of methoxy groups -OCH3 is 2. The SMILES string of the molecule is COCCOc1cc(OC)c2c(Nc3ccc(N)cc3)ncnc2c1. The van der Waals surface area contributed by atoms with Gasteiger partial charge in [0, 0.05) is 30.6 Å². The van der Waals surface area contributed by atoms with Gasteiger partial charge in [-0.2, -0.15) is 0 Å². The molecule has 2 aromatic carbocycles. The van der Waals surface area contributed by atoms with Crippen molar-refractivity contribution in [2.45, 2.75) is 0 Å². The first-order valence-electron chi connectivity index (χ1n) is 7.78. The molecule has 0 spiro atoms. The van der Waals surface area contributed by atoms with E-state index in [0.29, 0.717) is 36.2 Å². The van der Waals surface area contributed by atoms with Crippen LogP contribution in [0, 0.1) is 0 Å². The van der Waals surface area contributed by atoms with Gasteiger partial charge in [0.1, 0.15) is 30.3 Å². The highest BCUT2D eigenvalue weighted by Crippen LogP contribution is 2.35. The third kappa shape index (κ3) is 3.89. The Labute approximate surface area is 145 Å². The van der Waals surface area contributed by atoms with E-state index in [4.69, 9.17) is 19.9 Å². The van der Waals surface area contributed by atoms with Crippen LogP contribution >= 0.6 is 0 Å². The molecular formula is C18H20N4O3. The molecule has 3 rings (SSSR count). The fraction of sp³-hybridized carbons (Fsp3) is 0.222. The number of rotatable bonds is 7. The summed E-state index contributed by atoms with van der Waals surface area (Å²) < 4.78 is 16.2. The zero-order valence-corrected chi connectivity index (χ0v) is 14.2. The summed E-state index contributed by atoms with van der Waals surface area (Å²) in [5.41, 5.74) is 8.02. The Balaban J connectivity index is 1.97. The summed E-state index contributed by atoms with van der Waals surface area (Å²) in [5.74, 6) is 1.94. The summed E-state index contributed by atoms with van der Waals surface area (Å²) in [5, 5.41) is 4.05. The lowest BCUT2D eigenvalue weighted by Gasteiger charge is -2.13. The van der Waals surface area contributed by atoms with Crippen molar-refractivity contribution in [1.82, 2.24) is 9.97 Å². The smallest absolute Gasteiger partial charge is 0.145 e. The molecule has 7 heteroatoms. The Morgan fingerprint density at radius 3 is 2.56 bits per heavy atom. The predicted molar refractivity (Wildman–Crippen MR) is 97.6 cm³/mol. The van der Waals surface area contributed by atoms with Crippen molar-refractivity contribution in [2.75, 3.05) is 38.5 Å². The molecule has 0 aliphatic carbocycles. The molecule has 0 radical (unpaired) electrons. The van der Waals surface area contributed by atoms with Gasteiger partial charge in [0.25, 0.3) is 0 Å². The Kier molecular flexibility index (Phi) is 5.15. The summed E-state index contributed by atoms with van der Waals surface area (Å²) in [6, 6.07) is 11.1. The van der Waals surface area contributed by atoms with Crippen LogP contribution in [-0.2, 0) is 4.74 Å². The van der Waals surface area contributed by atoms with Crippen molar-refractivity contribution >= 4 is 28.1 Å². The van der Waals surface area contributed by atoms with Crippen LogP contribution in [0.1, 0.15) is 0 Å². The number of anilines is 3. The quantitative estimate of drug-likeness (QED) is 0.504. The maximum atomic E-state index is 5.73. The molecule has 0 unspecified atom stereocenters. The van der Waals surface area contributed by atoms with Gasteiger partial charge in [-0.25, -0.2) is 9.97 Å². The molecule has 0 saturated carbocycles. The van der Waals surface area contributed by atoms with Crippen LogP contribution in [0.5, 0.6) is 11.5 Å². The lowest BCUT2D eigenvalue weighted by atomic mass is 10.2. The maximum absolute atomic E-state index is 5.73. The molecule has 0 bridgehead atoms. The molecule has 25 heavy (non-hydrogen) atoms. The summed E-state index contributed by atoms with van der Waals surface area (Å²) in [7, 11) is 3.24. The number of hydrogen-bond acceptors (Lipinski definition) is 7. The number of ether oxygens (including phenoxy) is 3. The van der Waals surface area contributed by atoms with Crippen molar-refractivity contribution in [1.29, 1.82) is 0 Å². The normalized spacial score (nSPS) is 10.6. The summed E-state index contributed by atoms with van der Waals surface area (Å²) in [6.45, 7) is 0.959. The van der Waals surface area contributed by atoms with Gasteiger partial charge in [0.2, 0.25) is 0 Å². The third-order valence-corrected chi connectivity index (χ3v) is 3.62. The first kappa shape index (κ1) is 16.8. The van der Waals surface area contributed by atoms with Crippen LogP contribution in [0.4, 0.5) is 17.2 Å². The fourth-order valence-corrected chi connectivity index (χ4v) is 2.41. The molecule has 0 aliphatic rings. The lowest BCUT2D eigenvalue weighted by molar-refractivity contribution is 0.146. The van der Waals surface area contributed by atoms with Crippen molar-refractivity contribution < 1.29 is 14.2 Å². The van der Waals surface area contributed by atoms with E-state index in [1.54, 1.807) is 14.2 Å². The van der Waals surface area contributed by atoms with Crippen molar-refractivity contribution in [3.8, 4) is 11.5 Å². The van der Waals surface area contributed by atoms with E-state index < -0.39 is 0 Å². The molecule has 7 nitrogen and oxygen atoms in total. The number of hydrogen-bond donors (Lipinski definition) is 2. The van der Waals surface area contributed by atoms with E-state index in [2.05, 4.69) is 15.3 Å². The number of benzene rings is 2. The van der Waals surface area contributed by atoms with Crippen LogP contribution in [0.15, 0.2) is 42.7 Å². The van der Waals surface area contributed by atoms with Crippen LogP contribution in [-0.4, -0.2) is 37.4 Å². The second-order valence-corrected chi connectivity index (χ2v) is 5.33. The average Bonchev–Trinajstić information content (AvgIpc) is 2.63. The van der Waals surface area contributed by atoms with Gasteiger partial charge in [0.15, 0.2) is 0 Å². The Hall–Kier alpha value is -3.06. The molecular weight excluding hydrogens is 320 g/mol. The summed E-state index contributed by atoms with van der Waals surface area (Å²) in [6.07, 6.45) is 1.50. The van der Waals surface area contributed by atoms with Crippen molar-refractivity contribution in [3.63, 3.8) is 0 Å². The number of nitrogens with two attached hydrogens (primary N) is 1. The van der Waals surface area contributed by atoms with E-state index >= 15 is 0 Å². The highest BCUT2D eigenvalue weighted by atomic mass is 16.5. The van der Waals surface area contributed by atoms with Gasteiger partial charge in [-0.15, -0.1) is 0 Å². The molecule has 130 valence electrons. The number of nitrogen functional groups attached to an aromatic ring is 1. The minimum Gasteiger partial charge on any atom is -0.496 e. The largest absolute Gasteiger partial charge is 0.496 e. The number of nitrogens with one attached hydrogen (secondary N) is 1. The van der Waals surface area contributed by atoms with Crippen molar-refractivity contribution in [2.24, 2.45) is 0 Å². The molecule has 3 N–H and O–H groups in total. The Morgan fingerprint density at radius 2 is 1.84 bits per heavy atom. The highest BCUT2D eigenvalue weighted by Gasteiger charge is 2.13. The zero-order chi connectivity index (χ0) is 17.6. The van der Waals surface area contributed by atoms with Crippen LogP contribution in [0.25, 0.3) is 10.9 Å². The topological polar surface area (TPSA) is 91.5 Å². The minimum absolute atomic E-state index is 0.451. The summed E-state index contributed by atoms with van der Waals surface area (Å²) in [4.78, 5) is 8.68. The molecule has 0 saturated heterocycles. The molecule has 3 aromatic rings. The highest BCUT2D eigenvalue weighted by molar-refractivity contribution is 5.96. The van der Waals surface area contributed by atoms with Gasteiger partial charge < -0.3 is 25.3 Å². The average molecular weight is 340 g/mol. The Bertz CT molecular complexity index is 853. The van der Waals surface area contributed by atoms with E-state index in [-0.39, 0.29) is 0 Å². The summed E-state index contributed by atoms with van der Waals surface area (Å²) >= 11 is 0. The molecule has 1 aromatic heterocycles. The number of fused-ring (bicyclic) bond motifs is 1. The molecule has 0 fully saturated rings. The van der Waals surface area contributed by atoms with Gasteiger partial charge in [0.05, 0.1) is 24.6 Å². The second kappa shape index (κ2) is 7.67. The lowest BCUT2D eigenvalue weighted by Crippen LogP contribution is -2.05. The molecule has 1 heterocycles. The van der Waals surface area contributed by atoms with E-state index in [9.17, 15) is 0 Å². The molecule has 0 aliphatic heterocycles. The standard InChI is InChI=1S/C18H20N4O3/c1-23-7-8-25-14-9-15-17(16(10-14)24-2)18(21-11-20-15)22-13-5-3-12(19)4-6-13/h3-6,9-11H,7-8,19H2,1-2H3,(H,20,21,22). The van der Waals surface area contributed by atoms with Gasteiger partial charge in [-0.1, -0.05) is 0 Å². The third-order valence-electron chi connectivity index (χ3n) is 3.62. The van der Waals surface area contributed by atoms with Crippen LogP contribution in [0.3, 0.4) is 0 Å².